The number of carbonyl (C=O) groups is 3. The lowest BCUT2D eigenvalue weighted by Crippen LogP contribution is -2.33. The molecule has 0 fully saturated rings. The fourth-order valence-corrected chi connectivity index (χ4v) is 1.14. The Hall–Kier alpha value is -1.59. The first-order valence-electron chi connectivity index (χ1n) is 4.43. The summed E-state index contributed by atoms with van der Waals surface area (Å²) in [4.78, 5) is 31.8. The van der Waals surface area contributed by atoms with Crippen LogP contribution >= 0.6 is 0 Å². The highest BCUT2D eigenvalue weighted by Gasteiger charge is 2.25. The summed E-state index contributed by atoms with van der Waals surface area (Å²) in [6.07, 6.45) is -0.139. The van der Waals surface area contributed by atoms with E-state index in [1.165, 1.54) is 0 Å². The number of nitrogens with one attached hydrogen (secondary N) is 1. The highest BCUT2D eigenvalue weighted by Crippen LogP contribution is 2.24. The smallest absolute Gasteiger partial charge is 0.322 e. The molecule has 6 heteroatoms. The topological polar surface area (TPSA) is 104 Å². The van der Waals surface area contributed by atoms with Crippen LogP contribution in [0.3, 0.4) is 0 Å². The molecule has 0 heterocycles. The quantitative estimate of drug-likeness (QED) is 0.584. The standard InChI is InChI=1S/C9H15NO5/c1-9(2,4-7(12)13)3-6(11)10-5-8(14)15/h3-5H2,1-2H3,(H,10,11)(H,12,13)(H,14,15). The molecule has 0 aromatic carbocycles. The van der Waals surface area contributed by atoms with E-state index in [0.717, 1.165) is 0 Å². The predicted molar refractivity (Wildman–Crippen MR) is 51.3 cm³/mol. The van der Waals surface area contributed by atoms with Gasteiger partial charge in [-0.25, -0.2) is 0 Å². The van der Waals surface area contributed by atoms with Gasteiger partial charge in [-0.05, 0) is 5.41 Å². The number of carboxylic acid groups (broad SMARTS) is 2. The molecule has 3 N–H and O–H groups in total. The van der Waals surface area contributed by atoms with Crippen LogP contribution in [0.25, 0.3) is 0 Å². The second kappa shape index (κ2) is 5.33. The number of carboxylic acids is 2. The summed E-state index contributed by atoms with van der Waals surface area (Å²) in [6, 6.07) is 0. The minimum atomic E-state index is -1.13. The van der Waals surface area contributed by atoms with Gasteiger partial charge in [0.25, 0.3) is 0 Å². The highest BCUT2D eigenvalue weighted by molar-refractivity contribution is 5.82. The Labute approximate surface area is 87.3 Å². The van der Waals surface area contributed by atoms with Crippen LogP contribution < -0.4 is 5.32 Å². The summed E-state index contributed by atoms with van der Waals surface area (Å²) in [7, 11) is 0. The van der Waals surface area contributed by atoms with Gasteiger partial charge in [-0.2, -0.15) is 0 Å². The van der Waals surface area contributed by atoms with Gasteiger partial charge in [0.2, 0.25) is 5.91 Å². The summed E-state index contributed by atoms with van der Waals surface area (Å²) < 4.78 is 0. The van der Waals surface area contributed by atoms with E-state index < -0.39 is 29.8 Å². The van der Waals surface area contributed by atoms with Crippen molar-refractivity contribution in [3.05, 3.63) is 0 Å². The number of hydrogen-bond acceptors (Lipinski definition) is 3. The molecule has 0 atom stereocenters. The largest absolute Gasteiger partial charge is 0.481 e. The van der Waals surface area contributed by atoms with Crippen LogP contribution in [-0.4, -0.2) is 34.6 Å². The van der Waals surface area contributed by atoms with Gasteiger partial charge in [0.1, 0.15) is 6.54 Å². The molecule has 0 aliphatic heterocycles. The summed E-state index contributed by atoms with van der Waals surface area (Å²) in [5.41, 5.74) is -0.672. The van der Waals surface area contributed by atoms with Crippen molar-refractivity contribution in [3.8, 4) is 0 Å². The predicted octanol–water partition coefficient (Wildman–Crippen LogP) is 0.0782. The SMILES string of the molecule is CC(C)(CC(=O)O)CC(=O)NCC(=O)O. The third kappa shape index (κ3) is 7.48. The number of amides is 1. The molecule has 0 aliphatic rings. The van der Waals surface area contributed by atoms with E-state index in [2.05, 4.69) is 5.32 Å². The molecule has 0 radical (unpaired) electrons. The van der Waals surface area contributed by atoms with E-state index in [4.69, 9.17) is 10.2 Å². The molecular weight excluding hydrogens is 202 g/mol. The molecule has 0 unspecified atom stereocenters. The molecule has 0 rings (SSSR count). The van der Waals surface area contributed by atoms with Crippen LogP contribution in [0.4, 0.5) is 0 Å². The van der Waals surface area contributed by atoms with Crippen molar-refractivity contribution in [1.29, 1.82) is 0 Å². The Morgan fingerprint density at radius 2 is 1.60 bits per heavy atom. The minimum Gasteiger partial charge on any atom is -0.481 e. The zero-order valence-corrected chi connectivity index (χ0v) is 8.74. The normalized spacial score (nSPS) is 10.8. The van der Waals surface area contributed by atoms with Crippen molar-refractivity contribution >= 4 is 17.8 Å². The zero-order chi connectivity index (χ0) is 12.1. The molecule has 0 spiro atoms. The molecule has 15 heavy (non-hydrogen) atoms. The third-order valence-corrected chi connectivity index (χ3v) is 1.71. The van der Waals surface area contributed by atoms with Crippen molar-refractivity contribution in [2.24, 2.45) is 5.41 Å². The van der Waals surface area contributed by atoms with Crippen LogP contribution in [0.1, 0.15) is 26.7 Å². The fourth-order valence-electron chi connectivity index (χ4n) is 1.14. The maximum Gasteiger partial charge on any atom is 0.322 e. The Bertz CT molecular complexity index is 272. The molecule has 0 saturated heterocycles. The lowest BCUT2D eigenvalue weighted by atomic mass is 9.85. The zero-order valence-electron chi connectivity index (χ0n) is 8.74. The van der Waals surface area contributed by atoms with Gasteiger partial charge in [-0.3, -0.25) is 14.4 Å². The second-order valence-electron chi connectivity index (χ2n) is 4.08. The first kappa shape index (κ1) is 13.4. The summed E-state index contributed by atoms with van der Waals surface area (Å²) >= 11 is 0. The highest BCUT2D eigenvalue weighted by atomic mass is 16.4. The van der Waals surface area contributed by atoms with Gasteiger partial charge in [0.05, 0.1) is 6.42 Å². The average molecular weight is 217 g/mol. The van der Waals surface area contributed by atoms with Crippen molar-refractivity contribution in [2.45, 2.75) is 26.7 Å². The lowest BCUT2D eigenvalue weighted by molar-refractivity contribution is -0.141. The number of rotatable bonds is 6. The Morgan fingerprint density at radius 1 is 1.07 bits per heavy atom. The lowest BCUT2D eigenvalue weighted by Gasteiger charge is -2.21. The van der Waals surface area contributed by atoms with Gasteiger partial charge in [0.15, 0.2) is 0 Å². The van der Waals surface area contributed by atoms with Crippen LogP contribution in [0, 0.1) is 5.41 Å². The average Bonchev–Trinajstić information content (AvgIpc) is 1.96. The molecule has 86 valence electrons. The Balaban J connectivity index is 4.04. The summed E-state index contributed by atoms with van der Waals surface area (Å²) in [5.74, 6) is -2.56. The minimum absolute atomic E-state index is 0.00736. The van der Waals surface area contributed by atoms with Crippen molar-refractivity contribution < 1.29 is 24.6 Å². The van der Waals surface area contributed by atoms with E-state index in [-0.39, 0.29) is 12.8 Å². The van der Waals surface area contributed by atoms with Gasteiger partial charge >= 0.3 is 11.9 Å². The van der Waals surface area contributed by atoms with Crippen LogP contribution in [-0.2, 0) is 14.4 Å². The number of aliphatic carboxylic acids is 2. The molecule has 0 aromatic heterocycles. The molecule has 0 bridgehead atoms. The maximum atomic E-state index is 11.2. The van der Waals surface area contributed by atoms with Gasteiger partial charge in [0, 0.05) is 6.42 Å². The van der Waals surface area contributed by atoms with Gasteiger partial charge in [-0.15, -0.1) is 0 Å². The number of hydrogen-bond donors (Lipinski definition) is 3. The van der Waals surface area contributed by atoms with Crippen molar-refractivity contribution in [2.75, 3.05) is 6.54 Å². The fraction of sp³-hybridized carbons (Fsp3) is 0.667. The summed E-state index contributed by atoms with van der Waals surface area (Å²) in [5, 5.41) is 19.0. The molecule has 1 amide bonds. The maximum absolute atomic E-state index is 11.2. The monoisotopic (exact) mass is 217 g/mol. The molecular formula is C9H15NO5. The molecule has 0 saturated carbocycles. The van der Waals surface area contributed by atoms with Crippen LogP contribution in [0.15, 0.2) is 0 Å². The van der Waals surface area contributed by atoms with E-state index >= 15 is 0 Å². The van der Waals surface area contributed by atoms with E-state index in [1.54, 1.807) is 13.8 Å². The van der Waals surface area contributed by atoms with Crippen LogP contribution in [0.5, 0.6) is 0 Å². The Kier molecular flexibility index (Phi) is 4.77. The van der Waals surface area contributed by atoms with Crippen molar-refractivity contribution in [1.82, 2.24) is 5.32 Å². The third-order valence-electron chi connectivity index (χ3n) is 1.71. The van der Waals surface area contributed by atoms with E-state index in [9.17, 15) is 14.4 Å². The molecule has 0 aromatic rings. The van der Waals surface area contributed by atoms with Crippen LogP contribution in [0.2, 0.25) is 0 Å². The molecule has 0 aliphatic carbocycles. The van der Waals surface area contributed by atoms with E-state index in [1.807, 2.05) is 0 Å². The first-order valence-corrected chi connectivity index (χ1v) is 4.43. The van der Waals surface area contributed by atoms with Gasteiger partial charge < -0.3 is 15.5 Å². The first-order chi connectivity index (χ1) is 6.73. The second-order valence-corrected chi connectivity index (χ2v) is 4.08. The summed E-state index contributed by atoms with van der Waals surface area (Å²) in [6.45, 7) is 2.84. The number of carbonyl (C=O) groups excluding carboxylic acids is 1. The Morgan fingerprint density at radius 3 is 2.00 bits per heavy atom. The molecule has 6 nitrogen and oxygen atoms in total. The van der Waals surface area contributed by atoms with E-state index in [0.29, 0.717) is 0 Å². The van der Waals surface area contributed by atoms with Gasteiger partial charge in [-0.1, -0.05) is 13.8 Å². The van der Waals surface area contributed by atoms with Crippen molar-refractivity contribution in [3.63, 3.8) is 0 Å².